The van der Waals surface area contributed by atoms with E-state index in [0.717, 1.165) is 55.9 Å². The number of aryl methyl sites for hydroxylation is 1. The summed E-state index contributed by atoms with van der Waals surface area (Å²) in [5.74, 6) is 1.36. The second kappa shape index (κ2) is 5.83. The van der Waals surface area contributed by atoms with Crippen molar-refractivity contribution in [3.8, 4) is 0 Å². The van der Waals surface area contributed by atoms with Crippen molar-refractivity contribution in [3.63, 3.8) is 0 Å². The molecular weight excluding hydrogens is 290 g/mol. The number of carbonyl (C=O) groups is 1. The van der Waals surface area contributed by atoms with Crippen molar-refractivity contribution in [2.24, 2.45) is 13.0 Å². The summed E-state index contributed by atoms with van der Waals surface area (Å²) in [4.78, 5) is 23.7. The molecule has 6 nitrogen and oxygen atoms in total. The van der Waals surface area contributed by atoms with E-state index in [-0.39, 0.29) is 11.8 Å². The highest BCUT2D eigenvalue weighted by Crippen LogP contribution is 2.26. The molecule has 1 aliphatic heterocycles. The van der Waals surface area contributed by atoms with Crippen LogP contribution in [-0.2, 0) is 11.8 Å². The maximum atomic E-state index is 12.3. The van der Waals surface area contributed by atoms with E-state index < -0.39 is 0 Å². The Balaban J connectivity index is 1.42. The summed E-state index contributed by atoms with van der Waals surface area (Å²) in [7, 11) is 2.01. The minimum absolute atomic E-state index is 0.152. The first-order valence-corrected chi connectivity index (χ1v) is 8.55. The summed E-state index contributed by atoms with van der Waals surface area (Å²) in [6, 6.07) is 4.34. The van der Waals surface area contributed by atoms with Gasteiger partial charge in [-0.1, -0.05) is 0 Å². The highest BCUT2D eigenvalue weighted by atomic mass is 16.2. The maximum absolute atomic E-state index is 12.3. The van der Waals surface area contributed by atoms with Crippen molar-refractivity contribution in [1.82, 2.24) is 19.9 Å². The number of nitrogens with one attached hydrogen (secondary N) is 1. The molecule has 3 heterocycles. The molecule has 1 N–H and O–H groups in total. The molecule has 1 saturated carbocycles. The summed E-state index contributed by atoms with van der Waals surface area (Å²) < 4.78 is 2.05. The van der Waals surface area contributed by atoms with Crippen LogP contribution in [0.15, 0.2) is 18.3 Å². The van der Waals surface area contributed by atoms with Crippen LogP contribution in [0.4, 0.5) is 5.95 Å². The molecule has 1 amide bonds. The molecule has 0 radical (unpaired) electrons. The zero-order valence-corrected chi connectivity index (χ0v) is 13.5. The quantitative estimate of drug-likeness (QED) is 0.939. The lowest BCUT2D eigenvalue weighted by Crippen LogP contribution is -2.46. The fourth-order valence-electron chi connectivity index (χ4n) is 3.51. The molecule has 23 heavy (non-hydrogen) atoms. The van der Waals surface area contributed by atoms with Crippen LogP contribution in [0, 0.1) is 5.92 Å². The largest absolute Gasteiger partial charge is 0.353 e. The Morgan fingerprint density at radius 1 is 1.26 bits per heavy atom. The number of amides is 1. The highest BCUT2D eigenvalue weighted by molar-refractivity contribution is 5.79. The Labute approximate surface area is 135 Å². The summed E-state index contributed by atoms with van der Waals surface area (Å²) in [5.41, 5.74) is 1.84. The van der Waals surface area contributed by atoms with E-state index in [1.54, 1.807) is 6.20 Å². The fraction of sp³-hybridized carbons (Fsp3) is 0.588. The van der Waals surface area contributed by atoms with Gasteiger partial charge in [0.15, 0.2) is 5.65 Å². The monoisotopic (exact) mass is 313 g/mol. The predicted molar refractivity (Wildman–Crippen MR) is 89.2 cm³/mol. The Bertz CT molecular complexity index is 713. The molecule has 1 aliphatic carbocycles. The molecule has 4 rings (SSSR count). The van der Waals surface area contributed by atoms with Gasteiger partial charge in [-0.25, -0.2) is 9.97 Å². The van der Waals surface area contributed by atoms with E-state index in [4.69, 9.17) is 4.98 Å². The van der Waals surface area contributed by atoms with Crippen molar-refractivity contribution in [3.05, 3.63) is 18.3 Å². The van der Waals surface area contributed by atoms with Gasteiger partial charge in [0.05, 0.1) is 0 Å². The topological polar surface area (TPSA) is 63.1 Å². The van der Waals surface area contributed by atoms with E-state index in [1.807, 2.05) is 23.7 Å². The van der Waals surface area contributed by atoms with E-state index in [9.17, 15) is 4.79 Å². The van der Waals surface area contributed by atoms with Gasteiger partial charge in [0, 0.05) is 38.3 Å². The molecule has 2 aromatic rings. The average Bonchev–Trinajstić information content (AvgIpc) is 2.88. The molecule has 2 fully saturated rings. The highest BCUT2D eigenvalue weighted by Gasteiger charge is 2.29. The molecule has 6 heteroatoms. The SMILES string of the molecule is Cn1c(N2CCC(C(=O)NC3CCC3)CC2)nc2cccnc21. The second-order valence-electron chi connectivity index (χ2n) is 6.71. The Morgan fingerprint density at radius 2 is 2.04 bits per heavy atom. The van der Waals surface area contributed by atoms with Gasteiger partial charge in [0.1, 0.15) is 5.52 Å². The van der Waals surface area contributed by atoms with Crippen LogP contribution in [0.1, 0.15) is 32.1 Å². The first kappa shape index (κ1) is 14.5. The predicted octanol–water partition coefficient (Wildman–Crippen LogP) is 1.85. The van der Waals surface area contributed by atoms with Gasteiger partial charge in [-0.2, -0.15) is 0 Å². The zero-order valence-electron chi connectivity index (χ0n) is 13.5. The summed E-state index contributed by atoms with van der Waals surface area (Å²) >= 11 is 0. The number of fused-ring (bicyclic) bond motifs is 1. The number of hydrogen-bond acceptors (Lipinski definition) is 4. The molecule has 0 aromatic carbocycles. The number of imidazole rings is 1. The first-order valence-electron chi connectivity index (χ1n) is 8.55. The van der Waals surface area contributed by atoms with Crippen molar-refractivity contribution in [2.75, 3.05) is 18.0 Å². The molecule has 0 atom stereocenters. The third kappa shape index (κ3) is 2.66. The number of anilines is 1. The molecule has 1 saturated heterocycles. The van der Waals surface area contributed by atoms with Gasteiger partial charge in [0.25, 0.3) is 0 Å². The Hall–Kier alpha value is -2.11. The second-order valence-corrected chi connectivity index (χ2v) is 6.71. The number of pyridine rings is 1. The van der Waals surface area contributed by atoms with Gasteiger partial charge in [-0.15, -0.1) is 0 Å². The van der Waals surface area contributed by atoms with Crippen LogP contribution < -0.4 is 10.2 Å². The molecule has 0 bridgehead atoms. The minimum Gasteiger partial charge on any atom is -0.353 e. The molecular formula is C17H23N5O. The number of hydrogen-bond donors (Lipinski definition) is 1. The number of nitrogens with zero attached hydrogens (tertiary/aromatic N) is 4. The third-order valence-electron chi connectivity index (χ3n) is 5.20. The van der Waals surface area contributed by atoms with Crippen LogP contribution in [-0.4, -0.2) is 39.6 Å². The van der Waals surface area contributed by atoms with Crippen molar-refractivity contribution < 1.29 is 4.79 Å². The lowest BCUT2D eigenvalue weighted by molar-refractivity contribution is -0.126. The number of aromatic nitrogens is 3. The normalized spacial score (nSPS) is 19.8. The van der Waals surface area contributed by atoms with Crippen LogP contribution in [0.5, 0.6) is 0 Å². The molecule has 0 spiro atoms. The minimum atomic E-state index is 0.152. The number of rotatable bonds is 3. The van der Waals surface area contributed by atoms with E-state index in [2.05, 4.69) is 15.2 Å². The third-order valence-corrected chi connectivity index (χ3v) is 5.20. The van der Waals surface area contributed by atoms with Gasteiger partial charge in [-0.3, -0.25) is 9.36 Å². The number of piperidine rings is 1. The summed E-state index contributed by atoms with van der Waals surface area (Å²) in [5, 5.41) is 3.19. The van der Waals surface area contributed by atoms with Crippen molar-refractivity contribution in [1.29, 1.82) is 0 Å². The van der Waals surface area contributed by atoms with E-state index >= 15 is 0 Å². The lowest BCUT2D eigenvalue weighted by Gasteiger charge is -2.34. The van der Waals surface area contributed by atoms with E-state index in [0.29, 0.717) is 6.04 Å². The van der Waals surface area contributed by atoms with Gasteiger partial charge < -0.3 is 10.2 Å². The summed E-state index contributed by atoms with van der Waals surface area (Å²) in [6.45, 7) is 1.75. The van der Waals surface area contributed by atoms with Crippen molar-refractivity contribution in [2.45, 2.75) is 38.1 Å². The van der Waals surface area contributed by atoms with Crippen LogP contribution in [0.2, 0.25) is 0 Å². The number of carbonyl (C=O) groups excluding carboxylic acids is 1. The maximum Gasteiger partial charge on any atom is 0.223 e. The Kier molecular flexibility index (Phi) is 3.67. The smallest absolute Gasteiger partial charge is 0.223 e. The molecule has 0 unspecified atom stereocenters. The standard InChI is InChI=1S/C17H23N5O/c1-21-15-14(6-3-9-18-15)20-17(21)22-10-7-12(8-11-22)16(23)19-13-4-2-5-13/h3,6,9,12-13H,2,4-5,7-8,10-11H2,1H3,(H,19,23). The Morgan fingerprint density at radius 3 is 2.70 bits per heavy atom. The molecule has 122 valence electrons. The zero-order chi connectivity index (χ0) is 15.8. The van der Waals surface area contributed by atoms with Gasteiger partial charge >= 0.3 is 0 Å². The van der Waals surface area contributed by atoms with Gasteiger partial charge in [0.2, 0.25) is 11.9 Å². The van der Waals surface area contributed by atoms with Crippen molar-refractivity contribution >= 4 is 23.0 Å². The van der Waals surface area contributed by atoms with Crippen LogP contribution >= 0.6 is 0 Å². The molecule has 2 aromatic heterocycles. The van der Waals surface area contributed by atoms with Crippen LogP contribution in [0.25, 0.3) is 11.2 Å². The first-order chi connectivity index (χ1) is 11.2. The van der Waals surface area contributed by atoms with Crippen LogP contribution in [0.3, 0.4) is 0 Å². The lowest BCUT2D eigenvalue weighted by atomic mass is 9.90. The van der Waals surface area contributed by atoms with Gasteiger partial charge in [-0.05, 0) is 44.2 Å². The average molecular weight is 313 g/mol. The van der Waals surface area contributed by atoms with E-state index in [1.165, 1.54) is 6.42 Å². The fourth-order valence-corrected chi connectivity index (χ4v) is 3.51. The summed E-state index contributed by atoms with van der Waals surface area (Å²) in [6.07, 6.45) is 7.15. The molecule has 2 aliphatic rings.